The fourth-order valence-corrected chi connectivity index (χ4v) is 4.25. The van der Waals surface area contributed by atoms with E-state index >= 15 is 0 Å². The second-order valence-corrected chi connectivity index (χ2v) is 7.65. The van der Waals surface area contributed by atoms with Crippen LogP contribution in [0.15, 0.2) is 58.4 Å². The van der Waals surface area contributed by atoms with Crippen molar-refractivity contribution in [2.45, 2.75) is 25.3 Å². The number of piperidine rings is 1. The molecule has 7 heteroatoms. The smallest absolute Gasteiger partial charge is 0.290 e. The Morgan fingerprint density at radius 3 is 2.67 bits per heavy atom. The molecule has 3 heterocycles. The summed E-state index contributed by atoms with van der Waals surface area (Å²) in [4.78, 5) is 30.0. The predicted octanol–water partition coefficient (Wildman–Crippen LogP) is 3.35. The van der Waals surface area contributed by atoms with Crippen LogP contribution in [-0.4, -0.2) is 59.9 Å². The molecule has 2 aromatic rings. The van der Waals surface area contributed by atoms with Crippen molar-refractivity contribution in [3.05, 3.63) is 65.3 Å². The van der Waals surface area contributed by atoms with Gasteiger partial charge in [-0.3, -0.25) is 9.59 Å². The number of aliphatic hydroxyl groups is 1. The monoisotopic (exact) mass is 410 g/mol. The van der Waals surface area contributed by atoms with Crippen LogP contribution in [0.4, 0.5) is 0 Å². The van der Waals surface area contributed by atoms with E-state index in [9.17, 15) is 14.7 Å². The summed E-state index contributed by atoms with van der Waals surface area (Å²) in [5, 5.41) is 10.7. The lowest BCUT2D eigenvalue weighted by atomic mass is 9.95. The summed E-state index contributed by atoms with van der Waals surface area (Å²) in [6.45, 7) is 3.12. The second kappa shape index (κ2) is 8.75. The first-order valence-electron chi connectivity index (χ1n) is 10.3. The summed E-state index contributed by atoms with van der Waals surface area (Å²) in [6, 6.07) is 9.68. The van der Waals surface area contributed by atoms with Crippen LogP contribution in [-0.2, 0) is 4.79 Å². The molecule has 0 radical (unpaired) electrons. The van der Waals surface area contributed by atoms with Gasteiger partial charge in [-0.05, 0) is 55.8 Å². The lowest BCUT2D eigenvalue weighted by molar-refractivity contribution is -0.129. The number of furan rings is 1. The maximum Gasteiger partial charge on any atom is 0.290 e. The van der Waals surface area contributed by atoms with Crippen molar-refractivity contribution in [2.75, 3.05) is 33.3 Å². The largest absolute Gasteiger partial charge is 0.503 e. The van der Waals surface area contributed by atoms with Gasteiger partial charge in [-0.1, -0.05) is 18.6 Å². The van der Waals surface area contributed by atoms with Gasteiger partial charge >= 0.3 is 0 Å². The zero-order valence-electron chi connectivity index (χ0n) is 17.0. The van der Waals surface area contributed by atoms with Crippen molar-refractivity contribution < 1.29 is 23.8 Å². The number of methoxy groups -OCH3 is 1. The number of hydrogen-bond acceptors (Lipinski definition) is 6. The van der Waals surface area contributed by atoms with Gasteiger partial charge in [-0.25, -0.2) is 0 Å². The maximum absolute atomic E-state index is 13.1. The van der Waals surface area contributed by atoms with E-state index in [1.807, 2.05) is 12.1 Å². The zero-order valence-corrected chi connectivity index (χ0v) is 17.0. The van der Waals surface area contributed by atoms with E-state index in [0.717, 1.165) is 25.9 Å². The van der Waals surface area contributed by atoms with E-state index in [1.54, 1.807) is 30.2 Å². The number of amides is 1. The van der Waals surface area contributed by atoms with Gasteiger partial charge in [-0.15, -0.1) is 0 Å². The first-order valence-corrected chi connectivity index (χ1v) is 10.3. The van der Waals surface area contributed by atoms with Crippen molar-refractivity contribution in [1.29, 1.82) is 0 Å². The Kier molecular flexibility index (Phi) is 5.90. The molecule has 0 aliphatic carbocycles. The molecule has 2 aliphatic heterocycles. The third-order valence-electron chi connectivity index (χ3n) is 5.81. The third kappa shape index (κ3) is 3.85. The highest BCUT2D eigenvalue weighted by Crippen LogP contribution is 2.39. The SMILES string of the molecule is COc1cccc(C2C(C(=O)c3ccco3)=C(O)C(=O)N2CCN2CCCCC2)c1. The highest BCUT2D eigenvalue weighted by Gasteiger charge is 2.44. The molecule has 1 unspecified atom stereocenters. The molecule has 1 N–H and O–H groups in total. The molecule has 1 aromatic heterocycles. The number of Topliss-reactive ketones (excluding diaryl/α,β-unsaturated/α-hetero) is 1. The summed E-state index contributed by atoms with van der Waals surface area (Å²) in [7, 11) is 1.56. The second-order valence-electron chi connectivity index (χ2n) is 7.65. The Hall–Kier alpha value is -3.06. The number of hydrogen-bond donors (Lipinski definition) is 1. The molecule has 1 saturated heterocycles. The van der Waals surface area contributed by atoms with Gasteiger partial charge in [0.2, 0.25) is 5.78 Å². The first kappa shape index (κ1) is 20.2. The van der Waals surface area contributed by atoms with E-state index in [0.29, 0.717) is 24.4 Å². The van der Waals surface area contributed by atoms with E-state index in [2.05, 4.69) is 4.90 Å². The minimum atomic E-state index is -0.699. The van der Waals surface area contributed by atoms with E-state index < -0.39 is 23.5 Å². The highest BCUT2D eigenvalue weighted by atomic mass is 16.5. The predicted molar refractivity (Wildman–Crippen MR) is 110 cm³/mol. The standard InChI is InChI=1S/C23H26N2O5/c1-29-17-8-5-7-16(15-17)20-19(21(26)18-9-6-14-30-18)22(27)23(28)25(20)13-12-24-10-3-2-4-11-24/h5-9,14-15,20,27H,2-4,10-13H2,1H3. The van der Waals surface area contributed by atoms with Gasteiger partial charge in [0.15, 0.2) is 11.5 Å². The van der Waals surface area contributed by atoms with Gasteiger partial charge < -0.3 is 24.1 Å². The Bertz CT molecular complexity index is 944. The number of ether oxygens (including phenoxy) is 1. The first-order chi connectivity index (χ1) is 14.6. The van der Waals surface area contributed by atoms with E-state index in [4.69, 9.17) is 9.15 Å². The van der Waals surface area contributed by atoms with Crippen molar-refractivity contribution in [1.82, 2.24) is 9.80 Å². The molecule has 1 amide bonds. The number of nitrogens with zero attached hydrogens (tertiary/aromatic N) is 2. The van der Waals surface area contributed by atoms with E-state index in [-0.39, 0.29) is 11.3 Å². The fourth-order valence-electron chi connectivity index (χ4n) is 4.25. The number of aliphatic hydroxyl groups excluding tert-OH is 1. The van der Waals surface area contributed by atoms with Crippen LogP contribution in [0, 0.1) is 0 Å². The van der Waals surface area contributed by atoms with Crippen LogP contribution in [0.3, 0.4) is 0 Å². The van der Waals surface area contributed by atoms with Crippen LogP contribution < -0.4 is 4.74 Å². The molecule has 0 spiro atoms. The van der Waals surface area contributed by atoms with Crippen LogP contribution >= 0.6 is 0 Å². The maximum atomic E-state index is 13.1. The molecule has 1 fully saturated rings. The van der Waals surface area contributed by atoms with Gasteiger partial charge in [0.25, 0.3) is 5.91 Å². The number of likely N-dealkylation sites (tertiary alicyclic amines) is 1. The van der Waals surface area contributed by atoms with Crippen LogP contribution in [0.25, 0.3) is 0 Å². The van der Waals surface area contributed by atoms with Crippen molar-refractivity contribution in [3.63, 3.8) is 0 Å². The van der Waals surface area contributed by atoms with Crippen LogP contribution in [0.5, 0.6) is 5.75 Å². The number of benzene rings is 1. The van der Waals surface area contributed by atoms with Crippen molar-refractivity contribution >= 4 is 11.7 Å². The summed E-state index contributed by atoms with van der Waals surface area (Å²) in [6.07, 6.45) is 4.93. The Labute approximate surface area is 175 Å². The quantitative estimate of drug-likeness (QED) is 0.705. The molecular formula is C23H26N2O5. The molecule has 7 nitrogen and oxygen atoms in total. The molecule has 1 atom stereocenters. The summed E-state index contributed by atoms with van der Waals surface area (Å²) >= 11 is 0. The molecule has 30 heavy (non-hydrogen) atoms. The highest BCUT2D eigenvalue weighted by molar-refractivity contribution is 6.15. The summed E-state index contributed by atoms with van der Waals surface area (Å²) in [5.74, 6) is -0.820. The van der Waals surface area contributed by atoms with Gasteiger partial charge in [0.1, 0.15) is 5.75 Å². The number of ketones is 1. The van der Waals surface area contributed by atoms with Gasteiger partial charge in [0, 0.05) is 13.1 Å². The summed E-state index contributed by atoms with van der Waals surface area (Å²) in [5.41, 5.74) is 0.752. The van der Waals surface area contributed by atoms with Gasteiger partial charge in [0.05, 0.1) is 25.0 Å². The number of carbonyl (C=O) groups is 2. The zero-order chi connectivity index (χ0) is 21.1. The Morgan fingerprint density at radius 1 is 1.17 bits per heavy atom. The van der Waals surface area contributed by atoms with E-state index in [1.165, 1.54) is 18.8 Å². The molecule has 0 bridgehead atoms. The molecule has 1 aromatic carbocycles. The molecule has 0 saturated carbocycles. The molecule has 158 valence electrons. The lowest BCUT2D eigenvalue weighted by Crippen LogP contribution is -2.40. The lowest BCUT2D eigenvalue weighted by Gasteiger charge is -2.31. The normalized spacial score (nSPS) is 20.1. The fraction of sp³-hybridized carbons (Fsp3) is 0.391. The van der Waals surface area contributed by atoms with Crippen molar-refractivity contribution in [2.24, 2.45) is 0 Å². The molecular weight excluding hydrogens is 384 g/mol. The average molecular weight is 410 g/mol. The molecule has 4 rings (SSSR count). The third-order valence-corrected chi connectivity index (χ3v) is 5.81. The Morgan fingerprint density at radius 2 is 1.97 bits per heavy atom. The minimum absolute atomic E-state index is 0.0434. The topological polar surface area (TPSA) is 83.2 Å². The summed E-state index contributed by atoms with van der Waals surface area (Å²) < 4.78 is 10.6. The number of carbonyl (C=O) groups excluding carboxylic acids is 2. The van der Waals surface area contributed by atoms with Crippen LogP contribution in [0.1, 0.15) is 41.4 Å². The van der Waals surface area contributed by atoms with Crippen molar-refractivity contribution in [3.8, 4) is 5.75 Å². The van der Waals surface area contributed by atoms with Crippen LogP contribution in [0.2, 0.25) is 0 Å². The average Bonchev–Trinajstić information content (AvgIpc) is 3.40. The van der Waals surface area contributed by atoms with Gasteiger partial charge in [-0.2, -0.15) is 0 Å². The minimum Gasteiger partial charge on any atom is -0.503 e. The molecule has 2 aliphatic rings. The number of rotatable bonds is 7. The Balaban J connectivity index is 1.68.